The Morgan fingerprint density at radius 2 is 1.97 bits per heavy atom. The van der Waals surface area contributed by atoms with Crippen LogP contribution in [0.15, 0.2) is 52.1 Å². The zero-order chi connectivity index (χ0) is 20.8. The standard InChI is InChI=1S/C21H21N3O4S/c1-13-6-7-16(9-14(13)2)23-19(25)11-27-21(26)18-5-4-8-22-20(18)29-12-17-10-15(3)28-24-17/h4-10H,11-12H2,1-3H3,(H,23,25). The summed E-state index contributed by atoms with van der Waals surface area (Å²) in [4.78, 5) is 28.8. The van der Waals surface area contributed by atoms with Crippen molar-refractivity contribution in [2.24, 2.45) is 0 Å². The quantitative estimate of drug-likeness (QED) is 0.462. The van der Waals surface area contributed by atoms with E-state index in [2.05, 4.69) is 15.5 Å². The van der Waals surface area contributed by atoms with Crippen LogP contribution < -0.4 is 5.32 Å². The van der Waals surface area contributed by atoms with Gasteiger partial charge in [-0.3, -0.25) is 4.79 Å². The van der Waals surface area contributed by atoms with E-state index in [-0.39, 0.29) is 6.61 Å². The van der Waals surface area contributed by atoms with Gasteiger partial charge in [0.2, 0.25) is 0 Å². The minimum absolute atomic E-state index is 0.302. The molecule has 0 bridgehead atoms. The maximum Gasteiger partial charge on any atom is 0.341 e. The van der Waals surface area contributed by atoms with Crippen LogP contribution in [-0.4, -0.2) is 28.6 Å². The van der Waals surface area contributed by atoms with Crippen molar-refractivity contribution < 1.29 is 18.8 Å². The van der Waals surface area contributed by atoms with Crippen LogP contribution in [0.5, 0.6) is 0 Å². The number of aryl methyl sites for hydroxylation is 3. The molecule has 0 aliphatic heterocycles. The van der Waals surface area contributed by atoms with Gasteiger partial charge in [-0.25, -0.2) is 9.78 Å². The van der Waals surface area contributed by atoms with Gasteiger partial charge in [-0.2, -0.15) is 0 Å². The van der Waals surface area contributed by atoms with Crippen LogP contribution in [-0.2, 0) is 15.3 Å². The maximum atomic E-state index is 12.4. The number of hydrogen-bond acceptors (Lipinski definition) is 7. The van der Waals surface area contributed by atoms with E-state index in [1.165, 1.54) is 11.8 Å². The third-order valence-electron chi connectivity index (χ3n) is 4.15. The molecule has 0 unspecified atom stereocenters. The fraction of sp³-hybridized carbons (Fsp3) is 0.238. The summed E-state index contributed by atoms with van der Waals surface area (Å²) in [6.07, 6.45) is 1.60. The number of pyridine rings is 1. The molecule has 29 heavy (non-hydrogen) atoms. The number of nitrogens with zero attached hydrogens (tertiary/aromatic N) is 2. The Morgan fingerprint density at radius 3 is 2.69 bits per heavy atom. The smallest absolute Gasteiger partial charge is 0.341 e. The van der Waals surface area contributed by atoms with E-state index in [4.69, 9.17) is 9.26 Å². The van der Waals surface area contributed by atoms with Gasteiger partial charge in [-0.05, 0) is 56.2 Å². The molecule has 8 heteroatoms. The zero-order valence-corrected chi connectivity index (χ0v) is 17.2. The average molecular weight is 411 g/mol. The normalized spacial score (nSPS) is 10.6. The number of anilines is 1. The second kappa shape index (κ2) is 9.38. The lowest BCUT2D eigenvalue weighted by atomic mass is 10.1. The second-order valence-electron chi connectivity index (χ2n) is 6.50. The lowest BCUT2D eigenvalue weighted by molar-refractivity contribution is -0.119. The highest BCUT2D eigenvalue weighted by Gasteiger charge is 2.16. The van der Waals surface area contributed by atoms with Crippen molar-refractivity contribution in [2.75, 3.05) is 11.9 Å². The first kappa shape index (κ1) is 20.6. The first-order valence-corrected chi connectivity index (χ1v) is 9.95. The van der Waals surface area contributed by atoms with E-state index >= 15 is 0 Å². The molecule has 2 aromatic heterocycles. The summed E-state index contributed by atoms with van der Waals surface area (Å²) in [7, 11) is 0. The third kappa shape index (κ3) is 5.68. The van der Waals surface area contributed by atoms with Crippen LogP contribution in [0.25, 0.3) is 0 Å². The lowest BCUT2D eigenvalue weighted by Gasteiger charge is -2.09. The van der Waals surface area contributed by atoms with Crippen LogP contribution in [0.2, 0.25) is 0 Å². The monoisotopic (exact) mass is 411 g/mol. The third-order valence-corrected chi connectivity index (χ3v) is 5.19. The number of carbonyl (C=O) groups excluding carboxylic acids is 2. The van der Waals surface area contributed by atoms with Crippen molar-refractivity contribution in [1.29, 1.82) is 0 Å². The molecule has 0 aliphatic rings. The molecule has 0 spiro atoms. The van der Waals surface area contributed by atoms with Crippen molar-refractivity contribution in [3.8, 4) is 0 Å². The molecule has 150 valence electrons. The van der Waals surface area contributed by atoms with Gasteiger partial charge in [0.15, 0.2) is 6.61 Å². The summed E-state index contributed by atoms with van der Waals surface area (Å²) in [5.74, 6) is 0.211. The Kier molecular flexibility index (Phi) is 6.66. The minimum Gasteiger partial charge on any atom is -0.452 e. The molecule has 0 saturated heterocycles. The Balaban J connectivity index is 1.57. The van der Waals surface area contributed by atoms with Gasteiger partial charge in [0.25, 0.3) is 5.91 Å². The van der Waals surface area contributed by atoms with E-state index in [1.54, 1.807) is 18.3 Å². The van der Waals surface area contributed by atoms with Crippen LogP contribution in [0.1, 0.15) is 32.9 Å². The van der Waals surface area contributed by atoms with Gasteiger partial charge in [-0.1, -0.05) is 23.0 Å². The molecule has 0 aliphatic carbocycles. The lowest BCUT2D eigenvalue weighted by Crippen LogP contribution is -2.21. The van der Waals surface area contributed by atoms with Crippen molar-refractivity contribution >= 4 is 29.3 Å². The number of rotatable bonds is 7. The van der Waals surface area contributed by atoms with Gasteiger partial charge in [0, 0.05) is 23.7 Å². The molecule has 0 atom stereocenters. The molecule has 0 radical (unpaired) electrons. The van der Waals surface area contributed by atoms with E-state index in [0.717, 1.165) is 22.6 Å². The number of aromatic nitrogens is 2. The van der Waals surface area contributed by atoms with Gasteiger partial charge in [0.05, 0.1) is 11.3 Å². The fourth-order valence-electron chi connectivity index (χ4n) is 2.51. The number of nitrogens with one attached hydrogen (secondary N) is 1. The number of amides is 1. The zero-order valence-electron chi connectivity index (χ0n) is 16.4. The van der Waals surface area contributed by atoms with Crippen LogP contribution in [0, 0.1) is 20.8 Å². The fourth-order valence-corrected chi connectivity index (χ4v) is 3.38. The molecule has 1 aromatic carbocycles. The average Bonchev–Trinajstić information content (AvgIpc) is 3.13. The summed E-state index contributed by atoms with van der Waals surface area (Å²) >= 11 is 1.35. The van der Waals surface area contributed by atoms with Crippen molar-refractivity contribution in [3.05, 3.63) is 70.7 Å². The molecular weight excluding hydrogens is 390 g/mol. The predicted molar refractivity (Wildman–Crippen MR) is 110 cm³/mol. The first-order chi connectivity index (χ1) is 13.9. The second-order valence-corrected chi connectivity index (χ2v) is 7.46. The molecule has 3 rings (SSSR count). The topological polar surface area (TPSA) is 94.3 Å². The number of hydrogen-bond donors (Lipinski definition) is 1. The Morgan fingerprint density at radius 1 is 1.14 bits per heavy atom. The van der Waals surface area contributed by atoms with Crippen LogP contribution >= 0.6 is 11.8 Å². The Labute approximate surface area is 172 Å². The van der Waals surface area contributed by atoms with Gasteiger partial charge >= 0.3 is 5.97 Å². The summed E-state index contributed by atoms with van der Waals surface area (Å²) in [5, 5.41) is 7.16. The predicted octanol–water partition coefficient (Wildman–Crippen LogP) is 4.08. The minimum atomic E-state index is -0.604. The summed E-state index contributed by atoms with van der Waals surface area (Å²) in [5.41, 5.74) is 3.92. The first-order valence-electron chi connectivity index (χ1n) is 8.96. The van der Waals surface area contributed by atoms with Gasteiger partial charge < -0.3 is 14.6 Å². The molecule has 3 aromatic rings. The highest BCUT2D eigenvalue weighted by molar-refractivity contribution is 7.98. The van der Waals surface area contributed by atoms with E-state index in [9.17, 15) is 9.59 Å². The molecule has 7 nitrogen and oxygen atoms in total. The Bertz CT molecular complexity index is 1030. The molecule has 2 heterocycles. The van der Waals surface area contributed by atoms with Crippen LogP contribution in [0.4, 0.5) is 5.69 Å². The Hall–Kier alpha value is -3.13. The highest BCUT2D eigenvalue weighted by Crippen LogP contribution is 2.24. The van der Waals surface area contributed by atoms with E-state index in [1.807, 2.05) is 45.0 Å². The van der Waals surface area contributed by atoms with E-state index < -0.39 is 11.9 Å². The van der Waals surface area contributed by atoms with Crippen molar-refractivity contribution in [2.45, 2.75) is 31.6 Å². The summed E-state index contributed by atoms with van der Waals surface area (Å²) in [6, 6.07) is 10.7. The molecule has 1 amide bonds. The molecular formula is C21H21N3O4S. The van der Waals surface area contributed by atoms with Crippen molar-refractivity contribution in [1.82, 2.24) is 10.1 Å². The number of thioether (sulfide) groups is 1. The summed E-state index contributed by atoms with van der Waals surface area (Å²) < 4.78 is 10.2. The van der Waals surface area contributed by atoms with E-state index in [0.29, 0.717) is 22.0 Å². The largest absolute Gasteiger partial charge is 0.452 e. The SMILES string of the molecule is Cc1cc(CSc2ncccc2C(=O)OCC(=O)Nc2ccc(C)c(C)c2)no1. The maximum absolute atomic E-state index is 12.4. The summed E-state index contributed by atoms with van der Waals surface area (Å²) in [6.45, 7) is 5.39. The molecule has 1 N–H and O–H groups in total. The number of carbonyl (C=O) groups is 2. The highest BCUT2D eigenvalue weighted by atomic mass is 32.2. The molecule has 0 saturated carbocycles. The number of ether oxygens (including phenoxy) is 1. The molecule has 0 fully saturated rings. The van der Waals surface area contributed by atoms with Crippen molar-refractivity contribution in [3.63, 3.8) is 0 Å². The number of benzene rings is 1. The van der Waals surface area contributed by atoms with Gasteiger partial charge in [0.1, 0.15) is 10.8 Å². The van der Waals surface area contributed by atoms with Gasteiger partial charge in [-0.15, -0.1) is 0 Å². The van der Waals surface area contributed by atoms with Crippen LogP contribution in [0.3, 0.4) is 0 Å². The number of esters is 1.